The number of carbonyl (C=O) groups is 3. The van der Waals surface area contributed by atoms with Crippen LogP contribution in [0.3, 0.4) is 0 Å². The number of hydrogen-bond acceptors (Lipinski definition) is 11. The van der Waals surface area contributed by atoms with Crippen LogP contribution in [0.1, 0.15) is 120 Å². The molecular weight excluding hydrogens is 769 g/mol. The zero-order valence-electron chi connectivity index (χ0n) is 35.4. The van der Waals surface area contributed by atoms with Gasteiger partial charge in [-0.05, 0) is 93.4 Å². The van der Waals surface area contributed by atoms with Gasteiger partial charge in [-0.25, -0.2) is 14.8 Å². The number of aldehydes is 1. The van der Waals surface area contributed by atoms with Crippen molar-refractivity contribution in [2.75, 3.05) is 40.9 Å². The van der Waals surface area contributed by atoms with Crippen molar-refractivity contribution < 1.29 is 28.6 Å². The van der Waals surface area contributed by atoms with Crippen molar-refractivity contribution in [3.05, 3.63) is 71.9 Å². The number of thiophene rings is 1. The van der Waals surface area contributed by atoms with Gasteiger partial charge in [0.1, 0.15) is 24.0 Å². The van der Waals surface area contributed by atoms with Crippen molar-refractivity contribution in [1.82, 2.24) is 40.4 Å². The number of ether oxygens (including phenoxy) is 3. The number of alkyl carbamates (subject to hydrolysis) is 1. The number of likely N-dealkylation sites (tertiary alicyclic amines) is 2. The Hall–Kier alpha value is -4.99. The maximum atomic E-state index is 13.7. The molecule has 2 bridgehead atoms. The summed E-state index contributed by atoms with van der Waals surface area (Å²) in [6, 6.07) is 8.37. The molecular formula is C44H60N8O6S. The number of nitrogens with one attached hydrogen (secondary N) is 4. The fourth-order valence-corrected chi connectivity index (χ4v) is 9.43. The smallest absolute Gasteiger partial charge is 0.407 e. The number of hydrogen-bond donors (Lipinski definition) is 4. The van der Waals surface area contributed by atoms with Gasteiger partial charge in [0, 0.05) is 17.0 Å². The lowest BCUT2D eigenvalue weighted by Gasteiger charge is -2.30. The number of carbonyl (C=O) groups excluding carboxylic acids is 3. The molecule has 59 heavy (non-hydrogen) atoms. The van der Waals surface area contributed by atoms with Gasteiger partial charge < -0.3 is 44.5 Å². The predicted molar refractivity (Wildman–Crippen MR) is 229 cm³/mol. The second kappa shape index (κ2) is 19.8. The zero-order valence-corrected chi connectivity index (χ0v) is 36.2. The van der Waals surface area contributed by atoms with Gasteiger partial charge in [0.2, 0.25) is 5.91 Å². The summed E-state index contributed by atoms with van der Waals surface area (Å²) in [5.41, 5.74) is 6.89. The first-order valence-corrected chi connectivity index (χ1v) is 21.6. The van der Waals surface area contributed by atoms with Gasteiger partial charge in [-0.3, -0.25) is 9.69 Å². The SMILES string of the molecule is C=C(NCC=O)OC.CCC.COC(=O)NC(C(=O)N1CCCC1c1ncc(-c2ccc(-c3ccc(-c4cnc([C@@H]5CCCN5C)[nH]4)s3)c3c2C2CCC3O2)[nH]1)C(C)C. The first-order valence-electron chi connectivity index (χ1n) is 20.8. The van der Waals surface area contributed by atoms with Crippen molar-refractivity contribution in [2.24, 2.45) is 5.92 Å². The van der Waals surface area contributed by atoms with Crippen molar-refractivity contribution in [1.29, 1.82) is 0 Å². The summed E-state index contributed by atoms with van der Waals surface area (Å²) in [5.74, 6) is 2.04. The molecule has 7 heterocycles. The summed E-state index contributed by atoms with van der Waals surface area (Å²) in [6.45, 7) is 13.5. The molecule has 318 valence electrons. The first kappa shape index (κ1) is 43.6. The van der Waals surface area contributed by atoms with Crippen molar-refractivity contribution in [3.63, 3.8) is 0 Å². The van der Waals surface area contributed by atoms with Crippen LogP contribution in [0.2, 0.25) is 0 Å². The Morgan fingerprint density at radius 2 is 1.53 bits per heavy atom. The standard InChI is InChI=1S/C36H43N7O4S.C5H9NO2.C3H8/c1-19(2)32(41-36(45)46-4)35(44)43-16-6-8-25(43)34-37-17-22(39-34)20-9-10-21(31-27-12-11-26(47-27)30(20)31)28-13-14-29(48-28)23-18-38-33(40-23)24-7-5-15-42(24)3;1-5(8-2)6-3-4-7;1-3-2/h9-10,13-14,17-19,24-27,32H,5-8,11-12,15-16H2,1-4H3,(H,37,39)(H,38,40)(H,41,45);4,6H,1,3H2,2H3;3H2,1-2H3/t24-,25?,26?,27?,32?;;/m0../s1. The van der Waals surface area contributed by atoms with Gasteiger partial charge in [-0.2, -0.15) is 0 Å². The molecule has 8 rings (SSSR count). The molecule has 3 fully saturated rings. The summed E-state index contributed by atoms with van der Waals surface area (Å²) < 4.78 is 15.9. The molecule has 4 unspecified atom stereocenters. The summed E-state index contributed by atoms with van der Waals surface area (Å²) in [4.78, 5) is 58.7. The summed E-state index contributed by atoms with van der Waals surface area (Å²) in [6.07, 6.45) is 11.5. The van der Waals surface area contributed by atoms with E-state index in [-0.39, 0.29) is 36.6 Å². The molecule has 15 heteroatoms. The minimum absolute atomic E-state index is 0.0606. The molecule has 0 spiro atoms. The highest BCUT2D eigenvalue weighted by Gasteiger charge is 2.43. The zero-order chi connectivity index (χ0) is 42.2. The number of imidazole rings is 2. The maximum absolute atomic E-state index is 13.7. The van der Waals surface area contributed by atoms with E-state index < -0.39 is 12.1 Å². The van der Waals surface area contributed by atoms with Gasteiger partial charge in [0.15, 0.2) is 5.88 Å². The van der Waals surface area contributed by atoms with Gasteiger partial charge >= 0.3 is 6.09 Å². The Morgan fingerprint density at radius 1 is 0.915 bits per heavy atom. The number of methoxy groups -OCH3 is 2. The van der Waals surface area contributed by atoms with Crippen LogP contribution in [0.5, 0.6) is 0 Å². The third-order valence-electron chi connectivity index (χ3n) is 11.3. The van der Waals surface area contributed by atoms with E-state index >= 15 is 0 Å². The Morgan fingerprint density at radius 3 is 2.17 bits per heavy atom. The highest BCUT2D eigenvalue weighted by Crippen LogP contribution is 2.57. The number of aromatic nitrogens is 4. The highest BCUT2D eigenvalue weighted by molar-refractivity contribution is 7.18. The minimum Gasteiger partial charge on any atom is -0.483 e. The van der Waals surface area contributed by atoms with E-state index in [1.165, 1.54) is 53.5 Å². The summed E-state index contributed by atoms with van der Waals surface area (Å²) in [7, 11) is 4.97. The lowest BCUT2D eigenvalue weighted by molar-refractivity contribution is -0.135. The summed E-state index contributed by atoms with van der Waals surface area (Å²) in [5, 5.41) is 5.33. The molecule has 3 aromatic heterocycles. The van der Waals surface area contributed by atoms with E-state index in [0.717, 1.165) is 73.5 Å². The number of amides is 2. The van der Waals surface area contributed by atoms with Crippen LogP contribution >= 0.6 is 11.3 Å². The van der Waals surface area contributed by atoms with Crippen LogP contribution < -0.4 is 10.6 Å². The van der Waals surface area contributed by atoms with Crippen molar-refractivity contribution in [2.45, 2.75) is 103 Å². The number of rotatable bonds is 12. The normalized spacial score (nSPS) is 20.9. The molecule has 1 aromatic carbocycles. The Kier molecular flexibility index (Phi) is 14.7. The number of nitrogens with zero attached hydrogens (tertiary/aromatic N) is 4. The fourth-order valence-electron chi connectivity index (χ4n) is 8.42. The lowest BCUT2D eigenvalue weighted by atomic mass is 9.84. The van der Waals surface area contributed by atoms with Crippen LogP contribution in [-0.4, -0.2) is 95.0 Å². The molecule has 4 aliphatic rings. The van der Waals surface area contributed by atoms with Crippen molar-refractivity contribution >= 4 is 29.6 Å². The van der Waals surface area contributed by atoms with Crippen LogP contribution in [-0.2, 0) is 23.8 Å². The Balaban J connectivity index is 0.000000473. The van der Waals surface area contributed by atoms with Crippen molar-refractivity contribution in [3.8, 4) is 32.3 Å². The van der Waals surface area contributed by atoms with E-state index in [1.54, 1.807) is 11.3 Å². The molecule has 0 aliphatic carbocycles. The monoisotopic (exact) mass is 828 g/mol. The lowest BCUT2D eigenvalue weighted by Crippen LogP contribution is -2.51. The molecule has 2 amide bonds. The van der Waals surface area contributed by atoms with E-state index in [4.69, 9.17) is 19.4 Å². The second-order valence-electron chi connectivity index (χ2n) is 15.8. The molecule has 3 saturated heterocycles. The first-order chi connectivity index (χ1) is 28.5. The fraction of sp³-hybridized carbons (Fsp3) is 0.523. The maximum Gasteiger partial charge on any atom is 0.407 e. The third kappa shape index (κ3) is 9.58. The highest BCUT2D eigenvalue weighted by atomic mass is 32.1. The topological polar surface area (TPSA) is 167 Å². The van der Waals surface area contributed by atoms with E-state index in [0.29, 0.717) is 18.5 Å². The average Bonchev–Trinajstić information content (AvgIpc) is 4.08. The van der Waals surface area contributed by atoms with Crippen LogP contribution in [0.4, 0.5) is 4.79 Å². The minimum atomic E-state index is -0.668. The Bertz CT molecular complexity index is 2070. The molecule has 4 aliphatic heterocycles. The van der Waals surface area contributed by atoms with E-state index in [2.05, 4.69) is 82.0 Å². The molecule has 0 saturated carbocycles. The van der Waals surface area contributed by atoms with Gasteiger partial charge in [0.05, 0.1) is 73.7 Å². The van der Waals surface area contributed by atoms with E-state index in [1.807, 2.05) is 31.1 Å². The number of aromatic amines is 2. The molecule has 14 nitrogen and oxygen atoms in total. The van der Waals surface area contributed by atoms with E-state index in [9.17, 15) is 14.4 Å². The molecule has 4 N–H and O–H groups in total. The third-order valence-corrected chi connectivity index (χ3v) is 12.4. The second-order valence-corrected chi connectivity index (χ2v) is 16.9. The average molecular weight is 829 g/mol. The molecule has 0 radical (unpaired) electrons. The predicted octanol–water partition coefficient (Wildman–Crippen LogP) is 8.22. The largest absolute Gasteiger partial charge is 0.483 e. The molecule has 5 atom stereocenters. The Labute approximate surface area is 351 Å². The quantitative estimate of drug-likeness (QED) is 0.0807. The molecule has 4 aromatic rings. The summed E-state index contributed by atoms with van der Waals surface area (Å²) >= 11 is 1.79. The number of H-pyrrole nitrogens is 2. The van der Waals surface area contributed by atoms with Crippen LogP contribution in [0, 0.1) is 5.92 Å². The number of benzene rings is 1. The van der Waals surface area contributed by atoms with Gasteiger partial charge in [-0.15, -0.1) is 11.3 Å². The van der Waals surface area contributed by atoms with Crippen LogP contribution in [0.15, 0.2) is 49.1 Å². The number of fused-ring (bicyclic) bond motifs is 5. The van der Waals surface area contributed by atoms with Gasteiger partial charge in [0.25, 0.3) is 0 Å². The van der Waals surface area contributed by atoms with Crippen LogP contribution in [0.25, 0.3) is 32.3 Å². The van der Waals surface area contributed by atoms with Gasteiger partial charge in [-0.1, -0.05) is 46.2 Å².